The number of anilines is 1. The van der Waals surface area contributed by atoms with Crippen LogP contribution in [0, 0.1) is 5.92 Å². The van der Waals surface area contributed by atoms with Gasteiger partial charge in [-0.1, -0.05) is 30.3 Å². The Hall–Kier alpha value is -2.60. The Balaban J connectivity index is 1.71. The van der Waals surface area contributed by atoms with E-state index < -0.39 is 11.6 Å². The van der Waals surface area contributed by atoms with Crippen molar-refractivity contribution in [3.63, 3.8) is 0 Å². The number of carbonyl (C=O) groups excluding carboxylic acids is 1. The lowest BCUT2D eigenvalue weighted by Gasteiger charge is -2.28. The van der Waals surface area contributed by atoms with Crippen molar-refractivity contribution in [3.05, 3.63) is 64.6 Å². The van der Waals surface area contributed by atoms with Crippen LogP contribution in [-0.2, 0) is 6.54 Å². The molecule has 3 N–H and O–H groups in total. The number of rotatable bonds is 6. The molecular formula is C19H23N3O3. The van der Waals surface area contributed by atoms with E-state index in [1.165, 1.54) is 0 Å². The first-order valence-corrected chi connectivity index (χ1v) is 8.45. The third kappa shape index (κ3) is 4.09. The van der Waals surface area contributed by atoms with Gasteiger partial charge in [-0.2, -0.15) is 0 Å². The van der Waals surface area contributed by atoms with Crippen molar-refractivity contribution in [2.45, 2.75) is 31.8 Å². The molecule has 25 heavy (non-hydrogen) atoms. The molecule has 1 aromatic carbocycles. The number of nitrogens with zero attached hydrogens (tertiary/aromatic N) is 1. The molecule has 1 heterocycles. The Bertz CT molecular complexity index is 799. The van der Waals surface area contributed by atoms with Gasteiger partial charge in [-0.05, 0) is 43.4 Å². The monoisotopic (exact) mass is 341 g/mol. The summed E-state index contributed by atoms with van der Waals surface area (Å²) < 4.78 is 1.55. The molecule has 6 nitrogen and oxygen atoms in total. The summed E-state index contributed by atoms with van der Waals surface area (Å²) in [5.41, 5.74) is 0.306. The normalized spacial score (nSPS) is 16.1. The van der Waals surface area contributed by atoms with E-state index in [1.807, 2.05) is 37.3 Å². The smallest absolute Gasteiger partial charge is 0.319 e. The average molecular weight is 341 g/mol. The van der Waals surface area contributed by atoms with Crippen LogP contribution in [0.3, 0.4) is 0 Å². The molecule has 2 aromatic rings. The van der Waals surface area contributed by atoms with Gasteiger partial charge in [0, 0.05) is 6.20 Å². The third-order valence-electron chi connectivity index (χ3n) is 4.67. The van der Waals surface area contributed by atoms with Gasteiger partial charge < -0.3 is 20.3 Å². The predicted molar refractivity (Wildman–Crippen MR) is 96.6 cm³/mol. The molecule has 0 aliphatic heterocycles. The quantitative estimate of drug-likeness (QED) is 0.753. The van der Waals surface area contributed by atoms with Crippen LogP contribution < -0.4 is 16.2 Å². The van der Waals surface area contributed by atoms with E-state index in [0.717, 1.165) is 18.4 Å². The second kappa shape index (κ2) is 7.11. The van der Waals surface area contributed by atoms with Crippen molar-refractivity contribution < 1.29 is 9.90 Å². The summed E-state index contributed by atoms with van der Waals surface area (Å²) >= 11 is 0. The molecule has 0 saturated heterocycles. The van der Waals surface area contributed by atoms with Crippen molar-refractivity contribution in [1.82, 2.24) is 9.88 Å². The topological polar surface area (TPSA) is 83.4 Å². The summed E-state index contributed by atoms with van der Waals surface area (Å²) in [5, 5.41) is 15.0. The molecule has 0 radical (unpaired) electrons. The number of nitrogens with one attached hydrogen (secondary N) is 2. The van der Waals surface area contributed by atoms with E-state index in [9.17, 15) is 14.7 Å². The van der Waals surface area contributed by atoms with E-state index >= 15 is 0 Å². The van der Waals surface area contributed by atoms with Crippen molar-refractivity contribution >= 4 is 11.7 Å². The number of aliphatic hydroxyl groups excluding tert-OH is 1. The lowest BCUT2D eigenvalue weighted by Crippen LogP contribution is -2.52. The number of carbonyl (C=O) groups is 1. The van der Waals surface area contributed by atoms with Gasteiger partial charge in [-0.25, -0.2) is 4.79 Å². The molecule has 1 fully saturated rings. The van der Waals surface area contributed by atoms with Gasteiger partial charge in [0.2, 0.25) is 0 Å². The number of pyridine rings is 1. The summed E-state index contributed by atoms with van der Waals surface area (Å²) in [7, 11) is 0. The number of aromatic nitrogens is 1. The second-order valence-electron chi connectivity index (χ2n) is 6.77. The Morgan fingerprint density at radius 3 is 2.60 bits per heavy atom. The maximum absolute atomic E-state index is 12.6. The number of hydrogen-bond acceptors (Lipinski definition) is 3. The van der Waals surface area contributed by atoms with Crippen LogP contribution in [0.25, 0.3) is 0 Å². The fourth-order valence-electron chi connectivity index (χ4n) is 2.94. The number of amides is 2. The number of urea groups is 1. The largest absolute Gasteiger partial charge is 0.394 e. The SMILES string of the molecule is CC(CO)(NC(=O)Nc1cccn(Cc2ccccc2)c1=O)C1CC1. The fourth-order valence-corrected chi connectivity index (χ4v) is 2.94. The Morgan fingerprint density at radius 1 is 1.24 bits per heavy atom. The van der Waals surface area contributed by atoms with Gasteiger partial charge in [0.15, 0.2) is 0 Å². The lowest BCUT2D eigenvalue weighted by molar-refractivity contribution is 0.159. The van der Waals surface area contributed by atoms with Crippen LogP contribution in [0.15, 0.2) is 53.5 Å². The van der Waals surface area contributed by atoms with E-state index in [-0.39, 0.29) is 23.8 Å². The fraction of sp³-hybridized carbons (Fsp3) is 0.368. The van der Waals surface area contributed by atoms with Crippen LogP contribution in [0.2, 0.25) is 0 Å². The summed E-state index contributed by atoms with van der Waals surface area (Å²) in [6, 6.07) is 12.5. The lowest BCUT2D eigenvalue weighted by atomic mass is 9.97. The van der Waals surface area contributed by atoms with E-state index in [0.29, 0.717) is 6.54 Å². The molecule has 0 bridgehead atoms. The van der Waals surface area contributed by atoms with Crippen molar-refractivity contribution in [1.29, 1.82) is 0 Å². The first-order valence-electron chi connectivity index (χ1n) is 8.45. The second-order valence-corrected chi connectivity index (χ2v) is 6.77. The molecule has 3 rings (SSSR count). The first-order chi connectivity index (χ1) is 12.0. The molecule has 1 saturated carbocycles. The van der Waals surface area contributed by atoms with Crippen molar-refractivity contribution in [3.8, 4) is 0 Å². The number of benzene rings is 1. The molecule has 1 aliphatic carbocycles. The van der Waals surface area contributed by atoms with Crippen LogP contribution >= 0.6 is 0 Å². The minimum absolute atomic E-state index is 0.127. The predicted octanol–water partition coefficient (Wildman–Crippen LogP) is 2.18. The van der Waals surface area contributed by atoms with Gasteiger partial charge in [0.1, 0.15) is 5.69 Å². The van der Waals surface area contributed by atoms with Gasteiger partial charge in [-0.3, -0.25) is 4.79 Å². The highest BCUT2D eigenvalue weighted by molar-refractivity contribution is 5.89. The highest BCUT2D eigenvalue weighted by Gasteiger charge is 2.42. The number of hydrogen-bond donors (Lipinski definition) is 3. The molecule has 1 aromatic heterocycles. The maximum Gasteiger partial charge on any atom is 0.319 e. The standard InChI is InChI=1S/C19H23N3O3/c1-19(13-23,15-9-10-15)21-18(25)20-16-8-5-11-22(17(16)24)12-14-6-3-2-4-7-14/h2-8,11,15,23H,9-10,12-13H2,1H3,(H2,20,21,25). The first kappa shape index (κ1) is 17.2. The summed E-state index contributed by atoms with van der Waals surface area (Å²) in [6.07, 6.45) is 3.68. The zero-order chi connectivity index (χ0) is 17.9. The minimum Gasteiger partial charge on any atom is -0.394 e. The van der Waals surface area contributed by atoms with Crippen LogP contribution in [0.4, 0.5) is 10.5 Å². The summed E-state index contributed by atoms with van der Waals surface area (Å²) in [5.74, 6) is 0.286. The zero-order valence-electron chi connectivity index (χ0n) is 14.2. The molecule has 0 spiro atoms. The van der Waals surface area contributed by atoms with E-state index in [4.69, 9.17) is 0 Å². The van der Waals surface area contributed by atoms with Gasteiger partial charge in [0.05, 0.1) is 18.7 Å². The van der Waals surface area contributed by atoms with E-state index in [1.54, 1.807) is 22.9 Å². The Labute approximate surface area is 146 Å². The van der Waals surface area contributed by atoms with Gasteiger partial charge in [-0.15, -0.1) is 0 Å². The molecular weight excluding hydrogens is 318 g/mol. The minimum atomic E-state index is -0.651. The molecule has 2 amide bonds. The van der Waals surface area contributed by atoms with Crippen molar-refractivity contribution in [2.24, 2.45) is 5.92 Å². The van der Waals surface area contributed by atoms with Crippen molar-refractivity contribution in [2.75, 3.05) is 11.9 Å². The third-order valence-corrected chi connectivity index (χ3v) is 4.67. The van der Waals surface area contributed by atoms with Gasteiger partial charge >= 0.3 is 6.03 Å². The zero-order valence-corrected chi connectivity index (χ0v) is 14.2. The number of aliphatic hydroxyl groups is 1. The molecule has 6 heteroatoms. The van der Waals surface area contributed by atoms with E-state index in [2.05, 4.69) is 10.6 Å². The summed E-state index contributed by atoms with van der Waals surface area (Å²) in [6.45, 7) is 2.13. The molecule has 1 unspecified atom stereocenters. The van der Waals surface area contributed by atoms with Crippen LogP contribution in [-0.4, -0.2) is 27.9 Å². The highest BCUT2D eigenvalue weighted by Crippen LogP contribution is 2.39. The Kier molecular flexibility index (Phi) is 4.90. The molecule has 1 atom stereocenters. The van der Waals surface area contributed by atoms with Crippen LogP contribution in [0.1, 0.15) is 25.3 Å². The maximum atomic E-state index is 12.6. The van der Waals surface area contributed by atoms with Crippen LogP contribution in [0.5, 0.6) is 0 Å². The average Bonchev–Trinajstić information content (AvgIpc) is 3.45. The van der Waals surface area contributed by atoms with Gasteiger partial charge in [0.25, 0.3) is 5.56 Å². The highest BCUT2D eigenvalue weighted by atomic mass is 16.3. The molecule has 1 aliphatic rings. The Morgan fingerprint density at radius 2 is 1.96 bits per heavy atom. The summed E-state index contributed by atoms with van der Waals surface area (Å²) in [4.78, 5) is 24.8. The molecule has 132 valence electrons.